The van der Waals surface area contributed by atoms with Crippen molar-refractivity contribution in [2.75, 3.05) is 27.3 Å². The molecule has 0 unspecified atom stereocenters. The van der Waals surface area contributed by atoms with Gasteiger partial charge in [0, 0.05) is 11.5 Å². The molecule has 0 bridgehead atoms. The van der Waals surface area contributed by atoms with Crippen LogP contribution in [-0.2, 0) is 11.3 Å². The van der Waals surface area contributed by atoms with Crippen LogP contribution in [0.2, 0.25) is 0 Å². The number of carbonyl (C=O) groups is 1. The highest BCUT2D eigenvalue weighted by Crippen LogP contribution is 2.31. The third-order valence-electron chi connectivity index (χ3n) is 6.09. The van der Waals surface area contributed by atoms with E-state index in [2.05, 4.69) is 20.4 Å². The predicted molar refractivity (Wildman–Crippen MR) is 124 cm³/mol. The van der Waals surface area contributed by atoms with Crippen molar-refractivity contribution in [3.8, 4) is 22.9 Å². The molecule has 174 valence electrons. The largest absolute Gasteiger partial charge is 0.493 e. The van der Waals surface area contributed by atoms with Gasteiger partial charge < -0.3 is 19.3 Å². The number of methoxy groups -OCH3 is 2. The summed E-state index contributed by atoms with van der Waals surface area (Å²) in [4.78, 5) is 19.5. The fraction of sp³-hybridized carbons (Fsp3) is 0.400. The van der Waals surface area contributed by atoms with Crippen LogP contribution in [0.3, 0.4) is 0 Å². The van der Waals surface area contributed by atoms with E-state index in [4.69, 9.17) is 14.0 Å². The summed E-state index contributed by atoms with van der Waals surface area (Å²) in [6.45, 7) is 4.21. The molecular formula is C25H30N4O4. The Kier molecular flexibility index (Phi) is 7.24. The van der Waals surface area contributed by atoms with Crippen LogP contribution in [0.25, 0.3) is 11.4 Å². The van der Waals surface area contributed by atoms with Gasteiger partial charge in [-0.2, -0.15) is 4.98 Å². The number of likely N-dealkylation sites (tertiary alicyclic amines) is 1. The topological polar surface area (TPSA) is 89.7 Å². The van der Waals surface area contributed by atoms with Crippen LogP contribution in [0.4, 0.5) is 0 Å². The van der Waals surface area contributed by atoms with Crippen molar-refractivity contribution in [3.05, 3.63) is 60.0 Å². The Morgan fingerprint density at radius 2 is 1.85 bits per heavy atom. The Hall–Kier alpha value is -3.39. The predicted octanol–water partition coefficient (Wildman–Crippen LogP) is 3.84. The van der Waals surface area contributed by atoms with E-state index in [1.807, 2.05) is 55.5 Å². The normalized spacial score (nSPS) is 15.7. The van der Waals surface area contributed by atoms with Gasteiger partial charge in [0.25, 0.3) is 0 Å². The monoisotopic (exact) mass is 450 g/mol. The van der Waals surface area contributed by atoms with E-state index in [1.54, 1.807) is 14.2 Å². The number of ether oxygens (including phenoxy) is 2. The second kappa shape index (κ2) is 10.5. The maximum Gasteiger partial charge on any atom is 0.241 e. The molecule has 2 heterocycles. The maximum atomic E-state index is 12.7. The fourth-order valence-electron chi connectivity index (χ4n) is 4.11. The Morgan fingerprint density at radius 1 is 1.12 bits per heavy atom. The third-order valence-corrected chi connectivity index (χ3v) is 6.09. The van der Waals surface area contributed by atoms with E-state index in [-0.39, 0.29) is 17.9 Å². The maximum absolute atomic E-state index is 12.7. The molecule has 1 aliphatic heterocycles. The van der Waals surface area contributed by atoms with E-state index in [0.717, 1.165) is 37.1 Å². The molecule has 1 amide bonds. The first-order valence-electron chi connectivity index (χ1n) is 11.2. The summed E-state index contributed by atoms with van der Waals surface area (Å²) < 4.78 is 16.1. The minimum Gasteiger partial charge on any atom is -0.493 e. The quantitative estimate of drug-likeness (QED) is 0.558. The van der Waals surface area contributed by atoms with Crippen LogP contribution in [0.1, 0.15) is 37.3 Å². The van der Waals surface area contributed by atoms with Gasteiger partial charge in [-0.05, 0) is 56.6 Å². The summed E-state index contributed by atoms with van der Waals surface area (Å²) in [7, 11) is 3.19. The minimum atomic E-state index is 0.00474. The number of hydrogen-bond donors (Lipinski definition) is 1. The number of nitrogens with one attached hydrogen (secondary N) is 1. The SMILES string of the molecule is COc1ccc(-c2noc(CN3CCC(C(=O)N[C@H](C)c4ccccc4)CC3)n2)cc1OC. The van der Waals surface area contributed by atoms with Crippen LogP contribution in [0.15, 0.2) is 53.1 Å². The van der Waals surface area contributed by atoms with Crippen molar-refractivity contribution in [2.45, 2.75) is 32.4 Å². The van der Waals surface area contributed by atoms with Crippen LogP contribution in [0.5, 0.6) is 11.5 Å². The molecule has 0 radical (unpaired) electrons. The highest BCUT2D eigenvalue weighted by Gasteiger charge is 2.27. The molecule has 1 atom stereocenters. The van der Waals surface area contributed by atoms with E-state index in [9.17, 15) is 4.79 Å². The first-order valence-corrected chi connectivity index (χ1v) is 11.2. The molecule has 33 heavy (non-hydrogen) atoms. The Balaban J connectivity index is 1.29. The van der Waals surface area contributed by atoms with Crippen LogP contribution < -0.4 is 14.8 Å². The number of carbonyl (C=O) groups excluding carboxylic acids is 1. The first kappa shape index (κ1) is 22.8. The van der Waals surface area contributed by atoms with Gasteiger partial charge in [0.2, 0.25) is 17.6 Å². The molecule has 8 nitrogen and oxygen atoms in total. The average Bonchev–Trinajstić information content (AvgIpc) is 3.33. The van der Waals surface area contributed by atoms with E-state index in [0.29, 0.717) is 29.8 Å². The molecular weight excluding hydrogens is 420 g/mol. The second-order valence-corrected chi connectivity index (χ2v) is 8.27. The van der Waals surface area contributed by atoms with Crippen molar-refractivity contribution in [1.29, 1.82) is 0 Å². The molecule has 0 aliphatic carbocycles. The van der Waals surface area contributed by atoms with E-state index < -0.39 is 0 Å². The summed E-state index contributed by atoms with van der Waals surface area (Å²) in [5.41, 5.74) is 1.91. The van der Waals surface area contributed by atoms with Gasteiger partial charge in [-0.25, -0.2) is 0 Å². The summed E-state index contributed by atoms with van der Waals surface area (Å²) in [5.74, 6) is 2.48. The molecule has 1 saturated heterocycles. The van der Waals surface area contributed by atoms with E-state index >= 15 is 0 Å². The second-order valence-electron chi connectivity index (χ2n) is 8.27. The average molecular weight is 451 g/mol. The molecule has 3 aromatic rings. The number of hydrogen-bond acceptors (Lipinski definition) is 7. The lowest BCUT2D eigenvalue weighted by Gasteiger charge is -2.30. The Bertz CT molecular complexity index is 1060. The Morgan fingerprint density at radius 3 is 2.55 bits per heavy atom. The van der Waals surface area contributed by atoms with Crippen LogP contribution in [-0.4, -0.2) is 48.3 Å². The van der Waals surface area contributed by atoms with Crippen LogP contribution >= 0.6 is 0 Å². The molecule has 1 aromatic heterocycles. The summed E-state index contributed by atoms with van der Waals surface area (Å²) in [5, 5.41) is 7.27. The number of aromatic nitrogens is 2. The molecule has 0 spiro atoms. The minimum absolute atomic E-state index is 0.00474. The molecule has 1 aliphatic rings. The number of piperidine rings is 1. The summed E-state index contributed by atoms with van der Waals surface area (Å²) in [6, 6.07) is 15.6. The lowest BCUT2D eigenvalue weighted by atomic mass is 9.95. The van der Waals surface area contributed by atoms with Gasteiger partial charge in [0.15, 0.2) is 11.5 Å². The van der Waals surface area contributed by atoms with Crippen LogP contribution in [0, 0.1) is 5.92 Å². The van der Waals surface area contributed by atoms with Crippen molar-refractivity contribution >= 4 is 5.91 Å². The molecule has 0 saturated carbocycles. The van der Waals surface area contributed by atoms with Gasteiger partial charge in [0.05, 0.1) is 26.8 Å². The van der Waals surface area contributed by atoms with Gasteiger partial charge in [-0.15, -0.1) is 0 Å². The van der Waals surface area contributed by atoms with Gasteiger partial charge in [-0.1, -0.05) is 35.5 Å². The van der Waals surface area contributed by atoms with Gasteiger partial charge >= 0.3 is 0 Å². The third kappa shape index (κ3) is 5.51. The van der Waals surface area contributed by atoms with Crippen molar-refractivity contribution < 1.29 is 18.8 Å². The fourth-order valence-corrected chi connectivity index (χ4v) is 4.11. The summed E-state index contributed by atoms with van der Waals surface area (Å²) in [6.07, 6.45) is 1.62. The smallest absolute Gasteiger partial charge is 0.241 e. The lowest BCUT2D eigenvalue weighted by Crippen LogP contribution is -2.40. The van der Waals surface area contributed by atoms with Gasteiger partial charge in [-0.3, -0.25) is 9.69 Å². The van der Waals surface area contributed by atoms with Crippen molar-refractivity contribution in [3.63, 3.8) is 0 Å². The van der Waals surface area contributed by atoms with E-state index in [1.165, 1.54) is 0 Å². The highest BCUT2D eigenvalue weighted by atomic mass is 16.5. The Labute approximate surface area is 193 Å². The zero-order chi connectivity index (χ0) is 23.2. The van der Waals surface area contributed by atoms with Crippen molar-refractivity contribution in [2.24, 2.45) is 5.92 Å². The number of nitrogens with zero attached hydrogens (tertiary/aromatic N) is 3. The van der Waals surface area contributed by atoms with Gasteiger partial charge in [0.1, 0.15) is 0 Å². The van der Waals surface area contributed by atoms with Crippen molar-refractivity contribution in [1.82, 2.24) is 20.4 Å². The number of rotatable bonds is 8. The number of amides is 1. The zero-order valence-corrected chi connectivity index (χ0v) is 19.3. The number of benzene rings is 2. The summed E-state index contributed by atoms with van der Waals surface area (Å²) >= 11 is 0. The molecule has 8 heteroatoms. The molecule has 2 aromatic carbocycles. The molecule has 1 N–H and O–H groups in total. The highest BCUT2D eigenvalue weighted by molar-refractivity contribution is 5.79. The molecule has 1 fully saturated rings. The standard InChI is InChI=1S/C25H30N4O4/c1-17(18-7-5-4-6-8-18)26-25(30)19-11-13-29(14-12-19)16-23-27-24(28-33-23)20-9-10-21(31-2)22(15-20)32-3/h4-10,15,17,19H,11-14,16H2,1-3H3,(H,26,30)/t17-/m1/s1. The zero-order valence-electron chi connectivity index (χ0n) is 19.3. The molecule has 4 rings (SSSR count). The lowest BCUT2D eigenvalue weighted by molar-refractivity contribution is -0.127. The first-order chi connectivity index (χ1) is 16.1.